The molecule has 0 saturated heterocycles. The van der Waals surface area contributed by atoms with Crippen molar-refractivity contribution in [3.05, 3.63) is 58.1 Å². The zero-order chi connectivity index (χ0) is 16.1. The van der Waals surface area contributed by atoms with Crippen LogP contribution in [0, 0.1) is 13.8 Å². The van der Waals surface area contributed by atoms with Crippen LogP contribution in [0.15, 0.2) is 46.9 Å². The molecule has 2 rings (SSSR count). The number of benzene rings is 2. The average molecular weight is 361 g/mol. The van der Waals surface area contributed by atoms with Gasteiger partial charge in [-0.15, -0.1) is 0 Å². The highest BCUT2D eigenvalue weighted by Crippen LogP contribution is 2.20. The van der Waals surface area contributed by atoms with Crippen molar-refractivity contribution in [2.75, 3.05) is 10.6 Å². The van der Waals surface area contributed by atoms with Gasteiger partial charge < -0.3 is 10.6 Å². The maximum Gasteiger partial charge on any atom is 0.233 e. The Bertz CT molecular complexity index is 714. The summed E-state index contributed by atoms with van der Waals surface area (Å²) in [5.41, 5.74) is 3.43. The molecule has 0 spiro atoms. The summed E-state index contributed by atoms with van der Waals surface area (Å²) in [5, 5.41) is 5.43. The third-order valence-corrected chi connectivity index (χ3v) is 3.95. The highest BCUT2D eigenvalue weighted by Gasteiger charge is 2.10. The Morgan fingerprint density at radius 2 is 1.59 bits per heavy atom. The lowest BCUT2D eigenvalue weighted by molar-refractivity contribution is -0.123. The molecule has 0 radical (unpaired) electrons. The van der Waals surface area contributed by atoms with Crippen LogP contribution < -0.4 is 10.6 Å². The third-order valence-electron chi connectivity index (χ3n) is 3.06. The number of aryl methyl sites for hydroxylation is 2. The summed E-state index contributed by atoms with van der Waals surface area (Å²) in [7, 11) is 0. The van der Waals surface area contributed by atoms with Crippen molar-refractivity contribution in [2.45, 2.75) is 20.3 Å². The van der Waals surface area contributed by atoms with Crippen LogP contribution in [-0.2, 0) is 9.59 Å². The number of carbonyl (C=O) groups is 2. The Morgan fingerprint density at radius 1 is 0.955 bits per heavy atom. The number of nitrogens with one attached hydrogen (secondary N) is 2. The van der Waals surface area contributed by atoms with Crippen molar-refractivity contribution < 1.29 is 9.59 Å². The van der Waals surface area contributed by atoms with Crippen molar-refractivity contribution in [1.82, 2.24) is 0 Å². The molecule has 22 heavy (non-hydrogen) atoms. The van der Waals surface area contributed by atoms with E-state index >= 15 is 0 Å². The SMILES string of the molecule is Cc1cccc(NC(=O)CC(=O)Nc2ccc(Br)c(C)c2)c1. The largest absolute Gasteiger partial charge is 0.326 e. The van der Waals surface area contributed by atoms with Gasteiger partial charge in [-0.3, -0.25) is 9.59 Å². The number of hydrogen-bond acceptors (Lipinski definition) is 2. The van der Waals surface area contributed by atoms with Gasteiger partial charge in [-0.1, -0.05) is 28.1 Å². The topological polar surface area (TPSA) is 58.2 Å². The van der Waals surface area contributed by atoms with Crippen LogP contribution in [0.4, 0.5) is 11.4 Å². The maximum atomic E-state index is 11.9. The second kappa shape index (κ2) is 7.22. The molecule has 2 amide bonds. The van der Waals surface area contributed by atoms with E-state index in [9.17, 15) is 9.59 Å². The lowest BCUT2D eigenvalue weighted by Gasteiger charge is -2.08. The van der Waals surface area contributed by atoms with Gasteiger partial charge in [0.2, 0.25) is 11.8 Å². The monoisotopic (exact) mass is 360 g/mol. The summed E-state index contributed by atoms with van der Waals surface area (Å²) in [6.45, 7) is 3.88. The summed E-state index contributed by atoms with van der Waals surface area (Å²) in [4.78, 5) is 23.8. The van der Waals surface area contributed by atoms with Crippen molar-refractivity contribution in [2.24, 2.45) is 0 Å². The van der Waals surface area contributed by atoms with Gasteiger partial charge in [-0.25, -0.2) is 0 Å². The first kappa shape index (κ1) is 16.2. The Labute approximate surface area is 138 Å². The minimum absolute atomic E-state index is 0.219. The molecule has 0 heterocycles. The molecule has 4 nitrogen and oxygen atoms in total. The predicted octanol–water partition coefficient (Wildman–Crippen LogP) is 4.03. The van der Waals surface area contributed by atoms with E-state index in [0.717, 1.165) is 15.6 Å². The van der Waals surface area contributed by atoms with Gasteiger partial charge in [0.25, 0.3) is 0 Å². The van der Waals surface area contributed by atoms with Crippen molar-refractivity contribution in [1.29, 1.82) is 0 Å². The molecule has 2 N–H and O–H groups in total. The summed E-state index contributed by atoms with van der Waals surface area (Å²) in [6.07, 6.45) is -0.219. The van der Waals surface area contributed by atoms with Crippen LogP contribution in [0.5, 0.6) is 0 Å². The number of amides is 2. The molecular formula is C17H17BrN2O2. The first-order valence-corrected chi connectivity index (χ1v) is 7.66. The third kappa shape index (κ3) is 4.70. The molecule has 114 valence electrons. The van der Waals surface area contributed by atoms with Gasteiger partial charge in [0.15, 0.2) is 0 Å². The van der Waals surface area contributed by atoms with Crippen LogP contribution in [-0.4, -0.2) is 11.8 Å². The van der Waals surface area contributed by atoms with E-state index in [2.05, 4.69) is 26.6 Å². The maximum absolute atomic E-state index is 11.9. The number of halogens is 1. The van der Waals surface area contributed by atoms with E-state index in [-0.39, 0.29) is 18.2 Å². The van der Waals surface area contributed by atoms with Gasteiger partial charge >= 0.3 is 0 Å². The van der Waals surface area contributed by atoms with Crippen LogP contribution in [0.2, 0.25) is 0 Å². The van der Waals surface area contributed by atoms with E-state index < -0.39 is 0 Å². The number of rotatable bonds is 4. The average Bonchev–Trinajstić information content (AvgIpc) is 2.42. The van der Waals surface area contributed by atoms with Crippen LogP contribution in [0.1, 0.15) is 17.5 Å². The number of carbonyl (C=O) groups excluding carboxylic acids is 2. The van der Waals surface area contributed by atoms with Gasteiger partial charge in [-0.2, -0.15) is 0 Å². The van der Waals surface area contributed by atoms with Gasteiger partial charge in [-0.05, 0) is 55.3 Å². The second-order valence-electron chi connectivity index (χ2n) is 5.11. The Balaban J connectivity index is 1.91. The molecule has 2 aromatic rings. The molecule has 0 aromatic heterocycles. The summed E-state index contributed by atoms with van der Waals surface area (Å²) in [6, 6.07) is 12.9. The Kier molecular flexibility index (Phi) is 5.33. The zero-order valence-electron chi connectivity index (χ0n) is 12.4. The van der Waals surface area contributed by atoms with Crippen LogP contribution >= 0.6 is 15.9 Å². The van der Waals surface area contributed by atoms with Crippen LogP contribution in [0.3, 0.4) is 0 Å². The normalized spacial score (nSPS) is 10.1. The lowest BCUT2D eigenvalue weighted by atomic mass is 10.2. The number of hydrogen-bond donors (Lipinski definition) is 2. The minimum atomic E-state index is -0.341. The van der Waals surface area contributed by atoms with Gasteiger partial charge in [0.05, 0.1) is 0 Å². The fourth-order valence-electron chi connectivity index (χ4n) is 2.00. The molecule has 0 unspecified atom stereocenters. The molecule has 0 saturated carbocycles. The molecule has 0 aliphatic heterocycles. The quantitative estimate of drug-likeness (QED) is 0.808. The first-order chi connectivity index (χ1) is 10.4. The van der Waals surface area contributed by atoms with E-state index in [0.29, 0.717) is 11.4 Å². The molecular weight excluding hydrogens is 344 g/mol. The predicted molar refractivity (Wildman–Crippen MR) is 91.9 cm³/mol. The van der Waals surface area contributed by atoms with E-state index in [1.54, 1.807) is 12.1 Å². The van der Waals surface area contributed by atoms with Gasteiger partial charge in [0.1, 0.15) is 6.42 Å². The molecule has 0 bridgehead atoms. The molecule has 5 heteroatoms. The molecule has 0 aliphatic rings. The minimum Gasteiger partial charge on any atom is -0.326 e. The summed E-state index contributed by atoms with van der Waals surface area (Å²) in [5.74, 6) is -0.677. The highest BCUT2D eigenvalue weighted by atomic mass is 79.9. The highest BCUT2D eigenvalue weighted by molar-refractivity contribution is 9.10. The Hall–Kier alpha value is -2.14. The molecule has 0 atom stereocenters. The first-order valence-electron chi connectivity index (χ1n) is 6.86. The molecule has 0 aliphatic carbocycles. The molecule has 2 aromatic carbocycles. The van der Waals surface area contributed by atoms with Crippen LogP contribution in [0.25, 0.3) is 0 Å². The van der Waals surface area contributed by atoms with Gasteiger partial charge in [0, 0.05) is 15.8 Å². The zero-order valence-corrected chi connectivity index (χ0v) is 14.0. The van der Waals surface area contributed by atoms with E-state index in [1.807, 2.05) is 44.2 Å². The number of anilines is 2. The van der Waals surface area contributed by atoms with Crippen molar-refractivity contribution >= 4 is 39.1 Å². The fraction of sp³-hybridized carbons (Fsp3) is 0.176. The van der Waals surface area contributed by atoms with E-state index in [4.69, 9.17) is 0 Å². The standard InChI is InChI=1S/C17H17BrN2O2/c1-11-4-3-5-13(8-11)19-16(21)10-17(22)20-14-6-7-15(18)12(2)9-14/h3-9H,10H2,1-2H3,(H,19,21)(H,20,22). The smallest absolute Gasteiger partial charge is 0.233 e. The lowest BCUT2D eigenvalue weighted by Crippen LogP contribution is -2.21. The van der Waals surface area contributed by atoms with E-state index in [1.165, 1.54) is 0 Å². The Morgan fingerprint density at radius 3 is 2.18 bits per heavy atom. The summed E-state index contributed by atoms with van der Waals surface area (Å²) < 4.78 is 0.975. The van der Waals surface area contributed by atoms with Crippen molar-refractivity contribution in [3.63, 3.8) is 0 Å². The fourth-order valence-corrected chi connectivity index (χ4v) is 2.25. The van der Waals surface area contributed by atoms with Crippen molar-refractivity contribution in [3.8, 4) is 0 Å². The molecule has 0 fully saturated rings. The second-order valence-corrected chi connectivity index (χ2v) is 5.96. The summed E-state index contributed by atoms with van der Waals surface area (Å²) >= 11 is 3.40.